The Kier molecular flexibility index (Phi) is 1.09. The Morgan fingerprint density at radius 2 is 1.86 bits per heavy atom. The molecule has 4 atom stereocenters. The second kappa shape index (κ2) is 1.89. The van der Waals surface area contributed by atoms with Crippen LogP contribution in [0.2, 0.25) is 0 Å². The van der Waals surface area contributed by atoms with Gasteiger partial charge < -0.3 is 18.9 Å². The van der Waals surface area contributed by atoms with E-state index in [9.17, 15) is 0 Å². The monoisotopic (exact) mass is 198 g/mol. The predicted molar refractivity (Wildman–Crippen MR) is 45.6 cm³/mol. The second-order valence-electron chi connectivity index (χ2n) is 5.32. The van der Waals surface area contributed by atoms with Crippen molar-refractivity contribution >= 4 is 0 Å². The molecule has 0 radical (unpaired) electrons. The Bertz CT molecular complexity index is 291. The van der Waals surface area contributed by atoms with Crippen molar-refractivity contribution in [1.29, 1.82) is 0 Å². The van der Waals surface area contributed by atoms with Gasteiger partial charge in [0.2, 0.25) is 0 Å². The lowest BCUT2D eigenvalue weighted by atomic mass is 10.1. The van der Waals surface area contributed by atoms with Gasteiger partial charge in [-0.1, -0.05) is 0 Å². The topological polar surface area (TPSA) is 40.2 Å². The molecule has 0 amide bonds. The summed E-state index contributed by atoms with van der Waals surface area (Å²) in [5, 5.41) is 0. The van der Waals surface area contributed by atoms with Gasteiger partial charge in [0.25, 0.3) is 0 Å². The lowest BCUT2D eigenvalue weighted by Gasteiger charge is -2.20. The molecule has 4 fully saturated rings. The van der Waals surface area contributed by atoms with Crippen LogP contribution in [0, 0.1) is 0 Å². The first-order valence-electron chi connectivity index (χ1n) is 5.22. The first-order valence-corrected chi connectivity index (χ1v) is 5.22. The minimum absolute atomic E-state index is 0.0567. The van der Waals surface area contributed by atoms with Gasteiger partial charge in [-0.25, -0.2) is 0 Å². The van der Waals surface area contributed by atoms with E-state index in [2.05, 4.69) is 0 Å². The van der Waals surface area contributed by atoms with Crippen molar-refractivity contribution in [3.8, 4) is 0 Å². The maximum Gasteiger partial charge on any atom is 0.188 e. The van der Waals surface area contributed by atoms with Crippen molar-refractivity contribution in [3.63, 3.8) is 0 Å². The van der Waals surface area contributed by atoms with Crippen molar-refractivity contribution in [3.05, 3.63) is 0 Å². The number of hydrogen-bond donors (Lipinski definition) is 0. The second-order valence-corrected chi connectivity index (χ2v) is 5.32. The molecule has 0 N–H and O–H groups in total. The Morgan fingerprint density at radius 3 is 2.43 bits per heavy atom. The highest BCUT2D eigenvalue weighted by atomic mass is 16.8. The third-order valence-electron chi connectivity index (χ3n) is 3.78. The summed E-state index contributed by atoms with van der Waals surface area (Å²) in [6.07, 6.45) is 1.89. The smallest absolute Gasteiger partial charge is 0.188 e. The zero-order chi connectivity index (χ0) is 9.60. The third-order valence-corrected chi connectivity index (χ3v) is 3.78. The molecule has 4 aliphatic rings. The van der Waals surface area contributed by atoms with E-state index in [1.807, 2.05) is 13.8 Å². The van der Waals surface area contributed by atoms with E-state index in [1.54, 1.807) is 0 Å². The highest BCUT2D eigenvalue weighted by molar-refractivity contribution is 5.30. The van der Waals surface area contributed by atoms with Gasteiger partial charge in [-0.3, -0.25) is 0 Å². The minimum atomic E-state index is -0.483. The van der Waals surface area contributed by atoms with Crippen molar-refractivity contribution < 1.29 is 18.9 Å². The van der Waals surface area contributed by atoms with Crippen LogP contribution in [0.4, 0.5) is 0 Å². The van der Waals surface area contributed by atoms with Crippen molar-refractivity contribution in [1.82, 2.24) is 0 Å². The summed E-state index contributed by atoms with van der Waals surface area (Å²) in [4.78, 5) is 0. The van der Waals surface area contributed by atoms with Gasteiger partial charge in [0.1, 0.15) is 17.3 Å². The summed E-state index contributed by atoms with van der Waals surface area (Å²) in [7, 11) is 0. The zero-order valence-corrected chi connectivity index (χ0v) is 8.41. The molecule has 4 heteroatoms. The van der Waals surface area contributed by atoms with Crippen LogP contribution in [0.3, 0.4) is 0 Å². The fourth-order valence-corrected chi connectivity index (χ4v) is 2.91. The van der Waals surface area contributed by atoms with E-state index >= 15 is 0 Å². The maximum atomic E-state index is 5.92. The molecule has 0 unspecified atom stereocenters. The van der Waals surface area contributed by atoms with Gasteiger partial charge in [-0.05, 0) is 13.8 Å². The number of hydrogen-bond acceptors (Lipinski definition) is 4. The first-order chi connectivity index (χ1) is 6.54. The van der Waals surface area contributed by atoms with E-state index in [0.29, 0.717) is 0 Å². The quantitative estimate of drug-likeness (QED) is 0.540. The van der Waals surface area contributed by atoms with Gasteiger partial charge in [0.15, 0.2) is 12.1 Å². The van der Waals surface area contributed by atoms with Crippen LogP contribution in [0.1, 0.15) is 26.7 Å². The van der Waals surface area contributed by atoms with Gasteiger partial charge in [-0.2, -0.15) is 0 Å². The molecule has 0 bridgehead atoms. The Balaban J connectivity index is 1.57. The van der Waals surface area contributed by atoms with Crippen LogP contribution in [0.15, 0.2) is 0 Å². The van der Waals surface area contributed by atoms with E-state index in [-0.39, 0.29) is 23.6 Å². The molecule has 0 aromatic heterocycles. The summed E-state index contributed by atoms with van der Waals surface area (Å²) in [6.45, 7) is 4.71. The third kappa shape index (κ3) is 0.795. The highest BCUT2D eigenvalue weighted by Crippen LogP contribution is 2.68. The van der Waals surface area contributed by atoms with Gasteiger partial charge >= 0.3 is 0 Å². The fourth-order valence-electron chi connectivity index (χ4n) is 2.91. The lowest BCUT2D eigenvalue weighted by Crippen LogP contribution is -2.27. The molecule has 0 aromatic rings. The molecule has 3 saturated heterocycles. The van der Waals surface area contributed by atoms with Crippen LogP contribution in [-0.4, -0.2) is 36.0 Å². The molecule has 1 aliphatic carbocycles. The average molecular weight is 198 g/mol. The van der Waals surface area contributed by atoms with E-state index < -0.39 is 5.79 Å². The molecule has 2 spiro atoms. The van der Waals surface area contributed by atoms with E-state index in [0.717, 1.165) is 19.4 Å². The van der Waals surface area contributed by atoms with Crippen molar-refractivity contribution in [2.24, 2.45) is 0 Å². The van der Waals surface area contributed by atoms with Crippen LogP contribution in [-0.2, 0) is 18.9 Å². The van der Waals surface area contributed by atoms with Crippen LogP contribution < -0.4 is 0 Å². The van der Waals surface area contributed by atoms with Crippen molar-refractivity contribution in [2.45, 2.75) is 56.1 Å². The number of rotatable bonds is 0. The molecule has 0 aromatic carbocycles. The van der Waals surface area contributed by atoms with Gasteiger partial charge in [-0.15, -0.1) is 0 Å². The average Bonchev–Trinajstić information content (AvgIpc) is 2.84. The molecule has 4 rings (SSSR count). The maximum absolute atomic E-state index is 5.92. The molecule has 1 saturated carbocycles. The number of fused-ring (bicyclic) bond motifs is 2. The predicted octanol–water partition coefficient (Wildman–Crippen LogP) is 0.796. The molecule has 3 heterocycles. The Hall–Kier alpha value is -0.160. The van der Waals surface area contributed by atoms with Crippen LogP contribution in [0.25, 0.3) is 0 Å². The minimum Gasteiger partial charge on any atom is -0.366 e. The van der Waals surface area contributed by atoms with E-state index in [1.165, 1.54) is 0 Å². The van der Waals surface area contributed by atoms with Gasteiger partial charge in [0.05, 0.1) is 6.61 Å². The molecular weight excluding hydrogens is 184 g/mol. The van der Waals surface area contributed by atoms with Crippen LogP contribution >= 0.6 is 0 Å². The Labute approximate surface area is 82.5 Å². The standard InChI is InChI=1S/C10H14O4/c1-8(2)12-6-3-9(14-7(6)13-8)4-10(9)5-11-10/h6-7H,3-5H2,1-2H3/t6-,7+,9-,10+/m1/s1. The molecule has 78 valence electrons. The SMILES string of the molecule is CC1(C)O[C@H]2O[C@]3(C[C@H]2O1)C[C@]31CO1. The first kappa shape index (κ1) is 8.05. The van der Waals surface area contributed by atoms with Gasteiger partial charge in [0, 0.05) is 12.8 Å². The lowest BCUT2D eigenvalue weighted by molar-refractivity contribution is -0.211. The number of epoxide rings is 1. The largest absolute Gasteiger partial charge is 0.366 e. The molecule has 14 heavy (non-hydrogen) atoms. The highest BCUT2D eigenvalue weighted by Gasteiger charge is 2.82. The van der Waals surface area contributed by atoms with E-state index in [4.69, 9.17) is 18.9 Å². The fraction of sp³-hybridized carbons (Fsp3) is 1.00. The van der Waals surface area contributed by atoms with Crippen molar-refractivity contribution in [2.75, 3.05) is 6.61 Å². The summed E-state index contributed by atoms with van der Waals surface area (Å²) < 4.78 is 22.8. The summed E-state index contributed by atoms with van der Waals surface area (Å²) >= 11 is 0. The molecule has 3 aliphatic heterocycles. The summed E-state index contributed by atoms with van der Waals surface area (Å²) in [5.41, 5.74) is 0.00698. The molecular formula is C10H14O4. The Morgan fingerprint density at radius 1 is 1.07 bits per heavy atom. The molecule has 4 nitrogen and oxygen atoms in total. The summed E-state index contributed by atoms with van der Waals surface area (Å²) in [5.74, 6) is -0.483. The number of ether oxygens (including phenoxy) is 4. The normalized spacial score (nSPS) is 62.1. The van der Waals surface area contributed by atoms with Crippen LogP contribution in [0.5, 0.6) is 0 Å². The summed E-state index contributed by atoms with van der Waals surface area (Å²) in [6, 6.07) is 0. The zero-order valence-electron chi connectivity index (χ0n) is 8.41.